The summed E-state index contributed by atoms with van der Waals surface area (Å²) in [6.07, 6.45) is 0. The fourth-order valence-electron chi connectivity index (χ4n) is 3.31. The van der Waals surface area contributed by atoms with E-state index in [1.165, 1.54) is 11.3 Å². The van der Waals surface area contributed by atoms with Crippen molar-refractivity contribution in [1.29, 1.82) is 0 Å². The van der Waals surface area contributed by atoms with Crippen LogP contribution in [0, 0.1) is 6.92 Å². The predicted octanol–water partition coefficient (Wildman–Crippen LogP) is 6.71. The number of fused-ring (bicyclic) bond motifs is 1. The third kappa shape index (κ3) is 4.36. The van der Waals surface area contributed by atoms with Gasteiger partial charge in [0.2, 0.25) is 0 Å². The number of carbonyl (C=O) groups excluding carboxylic acids is 1. The van der Waals surface area contributed by atoms with Gasteiger partial charge in [0.15, 0.2) is 5.13 Å². The second kappa shape index (κ2) is 8.61. The van der Waals surface area contributed by atoms with E-state index in [0.29, 0.717) is 10.7 Å². The molecule has 0 unspecified atom stereocenters. The van der Waals surface area contributed by atoms with Crippen LogP contribution in [0.2, 0.25) is 0 Å². The molecule has 5 aromatic rings. The summed E-state index contributed by atoms with van der Waals surface area (Å²) in [4.78, 5) is 21.8. The summed E-state index contributed by atoms with van der Waals surface area (Å²) in [5.41, 5.74) is 4.02. The molecule has 32 heavy (non-hydrogen) atoms. The van der Waals surface area contributed by atoms with E-state index in [2.05, 4.69) is 15.3 Å². The van der Waals surface area contributed by atoms with Crippen LogP contribution in [0.5, 0.6) is 11.5 Å². The Hall–Kier alpha value is -4.03. The Kier molecular flexibility index (Phi) is 5.35. The molecule has 0 fully saturated rings. The van der Waals surface area contributed by atoms with E-state index in [-0.39, 0.29) is 5.91 Å². The zero-order valence-electron chi connectivity index (χ0n) is 17.3. The lowest BCUT2D eigenvalue weighted by Gasteiger charge is -2.06. The Morgan fingerprint density at radius 2 is 1.62 bits per heavy atom. The molecule has 0 saturated heterocycles. The molecule has 0 radical (unpaired) electrons. The summed E-state index contributed by atoms with van der Waals surface area (Å²) >= 11 is 1.39. The number of thiazole rings is 1. The molecule has 1 amide bonds. The number of benzene rings is 3. The van der Waals surface area contributed by atoms with Crippen LogP contribution in [0.1, 0.15) is 16.1 Å². The normalized spacial score (nSPS) is 10.8. The Morgan fingerprint density at radius 3 is 2.44 bits per heavy atom. The van der Waals surface area contributed by atoms with Crippen LogP contribution in [0.15, 0.2) is 90.3 Å². The fourth-order valence-corrected chi connectivity index (χ4v) is 4.03. The first-order valence-corrected chi connectivity index (χ1v) is 11.0. The van der Waals surface area contributed by atoms with E-state index < -0.39 is 0 Å². The average molecular weight is 438 g/mol. The van der Waals surface area contributed by atoms with Gasteiger partial charge in [-0.1, -0.05) is 30.3 Å². The summed E-state index contributed by atoms with van der Waals surface area (Å²) in [5, 5.41) is 6.36. The van der Waals surface area contributed by atoms with Crippen molar-refractivity contribution in [3.8, 4) is 22.8 Å². The number of amides is 1. The third-order valence-electron chi connectivity index (χ3n) is 4.95. The molecule has 5 nitrogen and oxygen atoms in total. The summed E-state index contributed by atoms with van der Waals surface area (Å²) in [6, 6.07) is 26.8. The van der Waals surface area contributed by atoms with Crippen molar-refractivity contribution >= 4 is 33.3 Å². The van der Waals surface area contributed by atoms with Crippen molar-refractivity contribution in [2.45, 2.75) is 6.92 Å². The molecule has 6 heteroatoms. The Balaban J connectivity index is 1.29. The molecular formula is C26H19N3O2S. The molecule has 0 atom stereocenters. The number of rotatable bonds is 5. The standard InChI is InChI=1S/C26H19N3O2S/c1-17-7-8-18-9-10-20(15-23(18)27-17)25(30)29-26-28-24(16-32-26)19-11-13-22(14-12-19)31-21-5-3-2-4-6-21/h2-16H,1H3,(H,28,29,30). The van der Waals surface area contributed by atoms with Crippen molar-refractivity contribution in [3.63, 3.8) is 0 Å². The minimum absolute atomic E-state index is 0.206. The van der Waals surface area contributed by atoms with Gasteiger partial charge in [-0.2, -0.15) is 0 Å². The van der Waals surface area contributed by atoms with Crippen molar-refractivity contribution in [2.24, 2.45) is 0 Å². The largest absolute Gasteiger partial charge is 0.457 e. The number of para-hydroxylation sites is 1. The van der Waals surface area contributed by atoms with Crippen molar-refractivity contribution in [3.05, 3.63) is 102 Å². The SMILES string of the molecule is Cc1ccc2ccc(C(=O)Nc3nc(-c4ccc(Oc5ccccc5)cc4)cs3)cc2n1. The zero-order chi connectivity index (χ0) is 21.9. The minimum Gasteiger partial charge on any atom is -0.457 e. The molecule has 3 aromatic carbocycles. The molecule has 0 spiro atoms. The number of pyridine rings is 1. The highest BCUT2D eigenvalue weighted by Gasteiger charge is 2.11. The summed E-state index contributed by atoms with van der Waals surface area (Å²) in [5.74, 6) is 1.34. The lowest BCUT2D eigenvalue weighted by molar-refractivity contribution is 0.102. The number of hydrogen-bond donors (Lipinski definition) is 1. The maximum Gasteiger partial charge on any atom is 0.257 e. The number of nitrogens with zero attached hydrogens (tertiary/aromatic N) is 2. The van der Waals surface area contributed by atoms with Crippen LogP contribution >= 0.6 is 11.3 Å². The van der Waals surface area contributed by atoms with Gasteiger partial charge in [0.1, 0.15) is 11.5 Å². The maximum absolute atomic E-state index is 12.7. The molecule has 0 aliphatic carbocycles. The van der Waals surface area contributed by atoms with Gasteiger partial charge < -0.3 is 4.74 Å². The number of anilines is 1. The third-order valence-corrected chi connectivity index (χ3v) is 5.70. The van der Waals surface area contributed by atoms with E-state index in [1.807, 2.05) is 85.1 Å². The zero-order valence-corrected chi connectivity index (χ0v) is 18.1. The molecule has 2 heterocycles. The van der Waals surface area contributed by atoms with Crippen molar-refractivity contribution < 1.29 is 9.53 Å². The van der Waals surface area contributed by atoms with Gasteiger partial charge >= 0.3 is 0 Å². The maximum atomic E-state index is 12.7. The predicted molar refractivity (Wildman–Crippen MR) is 128 cm³/mol. The van der Waals surface area contributed by atoms with E-state index in [1.54, 1.807) is 12.1 Å². The first kappa shape index (κ1) is 19.9. The topological polar surface area (TPSA) is 64.1 Å². The molecule has 1 N–H and O–H groups in total. The number of hydrogen-bond acceptors (Lipinski definition) is 5. The van der Waals surface area contributed by atoms with Crippen LogP contribution < -0.4 is 10.1 Å². The number of aromatic nitrogens is 2. The quantitative estimate of drug-likeness (QED) is 0.332. The van der Waals surface area contributed by atoms with Crippen molar-refractivity contribution in [2.75, 3.05) is 5.32 Å². The van der Waals surface area contributed by atoms with Crippen LogP contribution in [-0.4, -0.2) is 15.9 Å². The van der Waals surface area contributed by atoms with Gasteiger partial charge in [0, 0.05) is 27.6 Å². The molecule has 0 aliphatic rings. The summed E-state index contributed by atoms with van der Waals surface area (Å²) in [6.45, 7) is 1.93. The molecule has 2 aromatic heterocycles. The van der Waals surface area contributed by atoms with Gasteiger partial charge in [0.25, 0.3) is 5.91 Å². The number of aryl methyl sites for hydroxylation is 1. The lowest BCUT2D eigenvalue weighted by Crippen LogP contribution is -2.11. The van der Waals surface area contributed by atoms with Crippen molar-refractivity contribution in [1.82, 2.24) is 9.97 Å². The van der Waals surface area contributed by atoms with Gasteiger partial charge in [-0.25, -0.2) is 4.98 Å². The van der Waals surface area contributed by atoms with E-state index in [9.17, 15) is 4.79 Å². The second-order valence-corrected chi connectivity index (χ2v) is 8.15. The smallest absolute Gasteiger partial charge is 0.257 e. The van der Waals surface area contributed by atoms with Crippen LogP contribution in [0.3, 0.4) is 0 Å². The Morgan fingerprint density at radius 1 is 0.875 bits per heavy atom. The molecule has 0 bridgehead atoms. The van der Waals surface area contributed by atoms with Gasteiger partial charge in [-0.3, -0.25) is 15.1 Å². The molecule has 156 valence electrons. The van der Waals surface area contributed by atoms with Gasteiger partial charge in [-0.05, 0) is 61.5 Å². The first-order valence-electron chi connectivity index (χ1n) is 10.1. The minimum atomic E-state index is -0.206. The number of nitrogens with one attached hydrogen (secondary N) is 1. The van der Waals surface area contributed by atoms with Gasteiger partial charge in [-0.15, -0.1) is 11.3 Å². The first-order chi connectivity index (χ1) is 15.6. The van der Waals surface area contributed by atoms with E-state index in [0.717, 1.165) is 39.4 Å². The molecule has 5 rings (SSSR count). The van der Waals surface area contributed by atoms with Crippen LogP contribution in [-0.2, 0) is 0 Å². The number of carbonyl (C=O) groups is 1. The molecular weight excluding hydrogens is 418 g/mol. The summed E-state index contributed by atoms with van der Waals surface area (Å²) in [7, 11) is 0. The van der Waals surface area contributed by atoms with Gasteiger partial charge in [0.05, 0.1) is 11.2 Å². The second-order valence-electron chi connectivity index (χ2n) is 7.29. The fraction of sp³-hybridized carbons (Fsp3) is 0.0385. The monoisotopic (exact) mass is 437 g/mol. The Labute approximate surface area is 189 Å². The average Bonchev–Trinajstić information content (AvgIpc) is 3.28. The molecule has 0 aliphatic heterocycles. The highest BCUT2D eigenvalue weighted by molar-refractivity contribution is 7.14. The Bertz CT molecular complexity index is 1400. The summed E-state index contributed by atoms with van der Waals surface area (Å²) < 4.78 is 5.83. The number of ether oxygens (including phenoxy) is 1. The van der Waals surface area contributed by atoms with Crippen LogP contribution in [0.25, 0.3) is 22.2 Å². The lowest BCUT2D eigenvalue weighted by atomic mass is 10.1. The van der Waals surface area contributed by atoms with Crippen LogP contribution in [0.4, 0.5) is 5.13 Å². The van der Waals surface area contributed by atoms with E-state index >= 15 is 0 Å². The van der Waals surface area contributed by atoms with E-state index in [4.69, 9.17) is 4.74 Å². The molecule has 0 saturated carbocycles. The highest BCUT2D eigenvalue weighted by atomic mass is 32.1. The highest BCUT2D eigenvalue weighted by Crippen LogP contribution is 2.28.